The SMILES string of the molecule is CC(C)CN(C1CCCC1)S(=O)(=O)c1csc(CO)c1. The van der Waals surface area contributed by atoms with Crippen LogP contribution in [0.25, 0.3) is 0 Å². The number of thiophene rings is 1. The van der Waals surface area contributed by atoms with Crippen molar-refractivity contribution >= 4 is 21.4 Å². The Balaban J connectivity index is 2.29. The summed E-state index contributed by atoms with van der Waals surface area (Å²) < 4.78 is 27.4. The van der Waals surface area contributed by atoms with Crippen molar-refractivity contribution in [2.45, 2.75) is 57.1 Å². The van der Waals surface area contributed by atoms with Crippen molar-refractivity contribution in [3.8, 4) is 0 Å². The van der Waals surface area contributed by atoms with Crippen LogP contribution in [-0.4, -0.2) is 30.4 Å². The molecule has 0 amide bonds. The summed E-state index contributed by atoms with van der Waals surface area (Å²) in [6, 6.07) is 1.74. The van der Waals surface area contributed by atoms with Crippen LogP contribution in [0.15, 0.2) is 16.3 Å². The molecule has 1 aromatic heterocycles. The normalized spacial score (nSPS) is 17.4. The second-order valence-electron chi connectivity index (χ2n) is 5.81. The van der Waals surface area contributed by atoms with Gasteiger partial charge in [-0.05, 0) is 24.8 Å². The molecule has 1 fully saturated rings. The van der Waals surface area contributed by atoms with E-state index in [4.69, 9.17) is 5.11 Å². The minimum absolute atomic E-state index is 0.103. The Morgan fingerprint density at radius 1 is 1.40 bits per heavy atom. The molecule has 0 atom stereocenters. The Hall–Kier alpha value is -0.430. The van der Waals surface area contributed by atoms with Gasteiger partial charge < -0.3 is 5.11 Å². The van der Waals surface area contributed by atoms with Crippen LogP contribution < -0.4 is 0 Å². The topological polar surface area (TPSA) is 57.6 Å². The van der Waals surface area contributed by atoms with E-state index in [1.54, 1.807) is 15.8 Å². The molecule has 0 saturated heterocycles. The standard InChI is InChI=1S/C14H23NO3S2/c1-11(2)8-15(12-5-3-4-6-12)20(17,18)14-7-13(9-16)19-10-14/h7,10-12,16H,3-6,8-9H2,1-2H3. The molecule has 1 N–H and O–H groups in total. The van der Waals surface area contributed by atoms with Crippen molar-refractivity contribution in [3.63, 3.8) is 0 Å². The third-order valence-corrected chi connectivity index (χ3v) is 6.64. The van der Waals surface area contributed by atoms with Gasteiger partial charge in [0.15, 0.2) is 0 Å². The van der Waals surface area contributed by atoms with E-state index in [0.29, 0.717) is 22.2 Å². The lowest BCUT2D eigenvalue weighted by atomic mass is 10.2. The van der Waals surface area contributed by atoms with Gasteiger partial charge in [-0.1, -0.05) is 26.7 Å². The summed E-state index contributed by atoms with van der Waals surface area (Å²) in [5.41, 5.74) is 0. The molecule has 20 heavy (non-hydrogen) atoms. The van der Waals surface area contributed by atoms with E-state index in [2.05, 4.69) is 0 Å². The lowest BCUT2D eigenvalue weighted by Crippen LogP contribution is -2.41. The van der Waals surface area contributed by atoms with Gasteiger partial charge in [-0.2, -0.15) is 4.31 Å². The monoisotopic (exact) mass is 317 g/mol. The van der Waals surface area contributed by atoms with Crippen LogP contribution in [0.4, 0.5) is 0 Å². The number of aliphatic hydroxyl groups excluding tert-OH is 1. The van der Waals surface area contributed by atoms with Crippen LogP contribution >= 0.6 is 11.3 Å². The highest BCUT2D eigenvalue weighted by atomic mass is 32.2. The Labute approximate surface area is 125 Å². The average Bonchev–Trinajstić information content (AvgIpc) is 3.06. The first-order chi connectivity index (χ1) is 9.45. The van der Waals surface area contributed by atoms with Crippen molar-refractivity contribution in [1.29, 1.82) is 0 Å². The van der Waals surface area contributed by atoms with Crippen molar-refractivity contribution in [2.24, 2.45) is 5.92 Å². The van der Waals surface area contributed by atoms with Gasteiger partial charge in [0.2, 0.25) is 10.0 Å². The molecule has 1 aliphatic rings. The maximum atomic E-state index is 12.8. The Bertz CT molecular complexity index is 530. The van der Waals surface area contributed by atoms with Crippen LogP contribution in [0.2, 0.25) is 0 Å². The zero-order chi connectivity index (χ0) is 14.8. The number of nitrogens with zero attached hydrogens (tertiary/aromatic N) is 1. The first-order valence-electron chi connectivity index (χ1n) is 7.15. The summed E-state index contributed by atoms with van der Waals surface area (Å²) in [6.45, 7) is 4.56. The van der Waals surface area contributed by atoms with E-state index in [-0.39, 0.29) is 12.6 Å². The van der Waals surface area contributed by atoms with E-state index in [0.717, 1.165) is 25.7 Å². The third-order valence-electron chi connectivity index (χ3n) is 3.67. The highest BCUT2D eigenvalue weighted by Gasteiger charge is 2.34. The van der Waals surface area contributed by atoms with E-state index in [1.165, 1.54) is 11.3 Å². The zero-order valence-electron chi connectivity index (χ0n) is 12.1. The van der Waals surface area contributed by atoms with Crippen molar-refractivity contribution in [2.75, 3.05) is 6.54 Å². The van der Waals surface area contributed by atoms with Crippen LogP contribution in [0, 0.1) is 5.92 Å². The van der Waals surface area contributed by atoms with Gasteiger partial charge >= 0.3 is 0 Å². The largest absolute Gasteiger partial charge is 0.391 e. The van der Waals surface area contributed by atoms with Gasteiger partial charge in [-0.15, -0.1) is 11.3 Å². The van der Waals surface area contributed by atoms with Crippen molar-refractivity contribution in [1.82, 2.24) is 4.31 Å². The first-order valence-corrected chi connectivity index (χ1v) is 9.47. The number of sulfonamides is 1. The molecule has 4 nitrogen and oxygen atoms in total. The number of aliphatic hydroxyl groups is 1. The summed E-state index contributed by atoms with van der Waals surface area (Å²) in [6.07, 6.45) is 4.15. The quantitative estimate of drug-likeness (QED) is 0.877. The highest BCUT2D eigenvalue weighted by Crippen LogP contribution is 2.31. The Morgan fingerprint density at radius 3 is 2.55 bits per heavy atom. The summed E-state index contributed by atoms with van der Waals surface area (Å²) in [5.74, 6) is 0.307. The van der Waals surface area contributed by atoms with Crippen LogP contribution in [-0.2, 0) is 16.6 Å². The highest BCUT2D eigenvalue weighted by molar-refractivity contribution is 7.89. The van der Waals surface area contributed by atoms with E-state index in [1.807, 2.05) is 13.8 Å². The minimum atomic E-state index is -3.44. The summed E-state index contributed by atoms with van der Waals surface area (Å²) in [5, 5.41) is 10.8. The maximum absolute atomic E-state index is 12.8. The molecule has 0 radical (unpaired) electrons. The molecular formula is C14H23NO3S2. The zero-order valence-corrected chi connectivity index (χ0v) is 13.7. The smallest absolute Gasteiger partial charge is 0.244 e. The molecule has 0 aromatic carbocycles. The summed E-state index contributed by atoms with van der Waals surface area (Å²) in [7, 11) is -3.44. The predicted molar refractivity (Wildman–Crippen MR) is 81.2 cm³/mol. The lowest BCUT2D eigenvalue weighted by Gasteiger charge is -2.29. The van der Waals surface area contributed by atoms with Crippen LogP contribution in [0.3, 0.4) is 0 Å². The summed E-state index contributed by atoms with van der Waals surface area (Å²) >= 11 is 1.30. The number of hydrogen-bond donors (Lipinski definition) is 1. The molecule has 6 heteroatoms. The molecule has 0 spiro atoms. The molecule has 1 aliphatic carbocycles. The fraction of sp³-hybridized carbons (Fsp3) is 0.714. The Kier molecular flexibility index (Phi) is 5.23. The fourth-order valence-corrected chi connectivity index (χ4v) is 5.68. The molecule has 1 saturated carbocycles. The van der Waals surface area contributed by atoms with Crippen LogP contribution in [0.1, 0.15) is 44.4 Å². The molecule has 1 heterocycles. The van der Waals surface area contributed by atoms with E-state index >= 15 is 0 Å². The fourth-order valence-electron chi connectivity index (χ4n) is 2.71. The molecule has 0 unspecified atom stereocenters. The second kappa shape index (κ2) is 6.56. The van der Waals surface area contributed by atoms with Gasteiger partial charge in [-0.25, -0.2) is 8.42 Å². The van der Waals surface area contributed by atoms with Gasteiger partial charge in [0.1, 0.15) is 0 Å². The Morgan fingerprint density at radius 2 is 2.05 bits per heavy atom. The first kappa shape index (κ1) is 15.9. The maximum Gasteiger partial charge on any atom is 0.244 e. The lowest BCUT2D eigenvalue weighted by molar-refractivity contribution is 0.285. The third kappa shape index (κ3) is 3.42. The molecule has 0 bridgehead atoms. The average molecular weight is 317 g/mol. The summed E-state index contributed by atoms with van der Waals surface area (Å²) in [4.78, 5) is 1.03. The predicted octanol–water partition coefficient (Wildman–Crippen LogP) is 2.83. The van der Waals surface area contributed by atoms with Crippen molar-refractivity contribution in [3.05, 3.63) is 16.3 Å². The van der Waals surface area contributed by atoms with Gasteiger partial charge in [0.25, 0.3) is 0 Å². The second-order valence-corrected chi connectivity index (χ2v) is 8.70. The van der Waals surface area contributed by atoms with E-state index < -0.39 is 10.0 Å². The van der Waals surface area contributed by atoms with E-state index in [9.17, 15) is 8.42 Å². The van der Waals surface area contributed by atoms with Gasteiger partial charge in [0, 0.05) is 22.8 Å². The van der Waals surface area contributed by atoms with Gasteiger partial charge in [0.05, 0.1) is 11.5 Å². The minimum Gasteiger partial charge on any atom is -0.391 e. The van der Waals surface area contributed by atoms with Crippen molar-refractivity contribution < 1.29 is 13.5 Å². The van der Waals surface area contributed by atoms with Crippen LogP contribution in [0.5, 0.6) is 0 Å². The number of hydrogen-bond acceptors (Lipinski definition) is 4. The molecule has 0 aliphatic heterocycles. The molecule has 2 rings (SSSR count). The molecule has 1 aromatic rings. The number of rotatable bonds is 6. The van der Waals surface area contributed by atoms with Gasteiger partial charge in [-0.3, -0.25) is 0 Å². The molecular weight excluding hydrogens is 294 g/mol. The molecule has 114 valence electrons.